The average Bonchev–Trinajstić information content (AvgIpc) is 2.30. The van der Waals surface area contributed by atoms with Gasteiger partial charge in [0.05, 0.1) is 5.39 Å². The molecule has 0 spiro atoms. The van der Waals surface area contributed by atoms with Gasteiger partial charge >= 0.3 is 0 Å². The Morgan fingerprint density at radius 2 is 1.56 bits per heavy atom. The summed E-state index contributed by atoms with van der Waals surface area (Å²) in [4.78, 5) is 0. The molecule has 0 atom stereocenters. The average molecular weight is 276 g/mol. The molecule has 0 aliphatic heterocycles. The summed E-state index contributed by atoms with van der Waals surface area (Å²) in [5.74, 6) is 0.314. The highest BCUT2D eigenvalue weighted by atomic mass is 79.9. The van der Waals surface area contributed by atoms with Gasteiger partial charge in [0.25, 0.3) is 0 Å². The maximum Gasteiger partial charge on any atom is 0.218 e. The van der Waals surface area contributed by atoms with Gasteiger partial charge in [-0.1, -0.05) is 18.2 Å². The Kier molecular flexibility index (Phi) is 2.79. The van der Waals surface area contributed by atoms with Crippen LogP contribution in [0.15, 0.2) is 54.9 Å². The van der Waals surface area contributed by atoms with Gasteiger partial charge in [-0.3, -0.25) is 0 Å². The molecule has 0 aliphatic carbocycles. The Balaban J connectivity index is 0.000000963. The van der Waals surface area contributed by atoms with Crippen LogP contribution in [0.2, 0.25) is 0 Å². The molecule has 0 bridgehead atoms. The van der Waals surface area contributed by atoms with E-state index in [1.54, 1.807) is 6.20 Å². The van der Waals surface area contributed by atoms with Crippen molar-refractivity contribution >= 4 is 16.3 Å². The van der Waals surface area contributed by atoms with E-state index in [2.05, 4.69) is 0 Å². The van der Waals surface area contributed by atoms with E-state index in [1.807, 2.05) is 53.1 Å². The maximum atomic E-state index is 9.85. The number of hydrogen-bond donors (Lipinski definition) is 1. The molecule has 80 valence electrons. The first-order chi connectivity index (χ1) is 7.36. The van der Waals surface area contributed by atoms with Crippen LogP contribution in [0, 0.1) is 0 Å². The van der Waals surface area contributed by atoms with Gasteiger partial charge in [-0.05, 0) is 12.1 Å². The number of benzene rings is 1. The molecule has 0 saturated heterocycles. The second-order valence-corrected chi connectivity index (χ2v) is 3.55. The third-order valence-electron chi connectivity index (χ3n) is 2.63. The summed E-state index contributed by atoms with van der Waals surface area (Å²) in [5, 5.41) is 11.8. The molecule has 0 fully saturated rings. The number of aromatic nitrogens is 1. The smallest absolute Gasteiger partial charge is 0.218 e. The van der Waals surface area contributed by atoms with Crippen LogP contribution in [0.1, 0.15) is 0 Å². The topological polar surface area (TPSA) is 24.3 Å². The van der Waals surface area contributed by atoms with Crippen molar-refractivity contribution in [1.82, 2.24) is 0 Å². The molecule has 1 N–H and O–H groups in total. The predicted octanol–water partition coefficient (Wildman–Crippen LogP) is -0.712. The molecule has 1 aromatic carbocycles. The third-order valence-corrected chi connectivity index (χ3v) is 2.63. The molecule has 3 aromatic rings. The second-order valence-electron chi connectivity index (χ2n) is 3.55. The molecular formula is C13H10BrNO. The zero-order valence-corrected chi connectivity index (χ0v) is 10.1. The number of hydrogen-bond acceptors (Lipinski definition) is 1. The predicted molar refractivity (Wildman–Crippen MR) is 58.8 cm³/mol. The summed E-state index contributed by atoms with van der Waals surface area (Å²) >= 11 is 0. The first kappa shape index (κ1) is 10.9. The molecule has 3 heteroatoms. The number of nitrogens with zero attached hydrogens (tertiary/aromatic N) is 1. The number of fused-ring (bicyclic) bond motifs is 3. The fourth-order valence-electron chi connectivity index (χ4n) is 1.93. The fourth-order valence-corrected chi connectivity index (χ4v) is 1.93. The van der Waals surface area contributed by atoms with Crippen LogP contribution in [0.4, 0.5) is 0 Å². The van der Waals surface area contributed by atoms with Crippen molar-refractivity contribution in [2.24, 2.45) is 0 Å². The monoisotopic (exact) mass is 275 g/mol. The molecular weight excluding hydrogens is 266 g/mol. The van der Waals surface area contributed by atoms with E-state index in [4.69, 9.17) is 0 Å². The maximum absolute atomic E-state index is 9.85. The number of aromatic hydroxyl groups is 1. The lowest BCUT2D eigenvalue weighted by atomic mass is 10.1. The van der Waals surface area contributed by atoms with Gasteiger partial charge in [-0.15, -0.1) is 0 Å². The van der Waals surface area contributed by atoms with Crippen molar-refractivity contribution in [3.8, 4) is 5.75 Å². The van der Waals surface area contributed by atoms with Crippen LogP contribution >= 0.6 is 0 Å². The van der Waals surface area contributed by atoms with Crippen molar-refractivity contribution in [2.75, 3.05) is 0 Å². The summed E-state index contributed by atoms with van der Waals surface area (Å²) < 4.78 is 1.93. The van der Waals surface area contributed by atoms with Gasteiger partial charge in [-0.25, -0.2) is 0 Å². The van der Waals surface area contributed by atoms with Gasteiger partial charge in [0, 0.05) is 17.5 Å². The van der Waals surface area contributed by atoms with Crippen molar-refractivity contribution in [1.29, 1.82) is 0 Å². The van der Waals surface area contributed by atoms with Crippen molar-refractivity contribution in [2.45, 2.75) is 0 Å². The highest BCUT2D eigenvalue weighted by molar-refractivity contribution is 5.96. The van der Waals surface area contributed by atoms with Crippen LogP contribution < -0.4 is 21.4 Å². The van der Waals surface area contributed by atoms with E-state index in [9.17, 15) is 5.11 Å². The molecule has 2 heterocycles. The summed E-state index contributed by atoms with van der Waals surface area (Å²) in [6.45, 7) is 0. The third kappa shape index (κ3) is 1.53. The first-order valence-corrected chi connectivity index (χ1v) is 4.87. The quantitative estimate of drug-likeness (QED) is 0.426. The lowest BCUT2D eigenvalue weighted by Gasteiger charge is -1.99. The van der Waals surface area contributed by atoms with Crippen molar-refractivity contribution in [3.63, 3.8) is 0 Å². The highest BCUT2D eigenvalue weighted by Crippen LogP contribution is 2.24. The standard InChI is InChI=1S/C13H9NO.BrH/c15-13-9-14-8-4-3-7-12(14)10-5-1-2-6-11(10)13;/h1-9H;1H. The minimum Gasteiger partial charge on any atom is -1.00 e. The van der Waals surface area contributed by atoms with Gasteiger partial charge in [0.15, 0.2) is 11.9 Å². The van der Waals surface area contributed by atoms with E-state index in [1.165, 1.54) is 0 Å². The Labute approximate surface area is 104 Å². The van der Waals surface area contributed by atoms with E-state index >= 15 is 0 Å². The summed E-state index contributed by atoms with van der Waals surface area (Å²) in [5.41, 5.74) is 1.10. The van der Waals surface area contributed by atoms with Crippen LogP contribution in [0.3, 0.4) is 0 Å². The van der Waals surface area contributed by atoms with E-state index in [-0.39, 0.29) is 17.0 Å². The largest absolute Gasteiger partial charge is 1.00 e. The Bertz CT molecular complexity index is 652. The summed E-state index contributed by atoms with van der Waals surface area (Å²) in [6.07, 6.45) is 3.67. The van der Waals surface area contributed by atoms with Crippen molar-refractivity contribution in [3.05, 3.63) is 54.9 Å². The molecule has 0 radical (unpaired) electrons. The minimum atomic E-state index is 0. The molecule has 0 unspecified atom stereocenters. The molecule has 0 saturated carbocycles. The zero-order chi connectivity index (χ0) is 10.3. The summed E-state index contributed by atoms with van der Waals surface area (Å²) in [6, 6.07) is 13.8. The highest BCUT2D eigenvalue weighted by Gasteiger charge is 2.10. The second kappa shape index (κ2) is 4.10. The molecule has 3 rings (SSSR count). The normalized spacial score (nSPS) is 10.2. The lowest BCUT2D eigenvalue weighted by Crippen LogP contribution is -3.00. The SMILES string of the molecule is Oc1c[n+]2ccccc2c2ccccc12.[Br-]. The van der Waals surface area contributed by atoms with Gasteiger partial charge in [-0.2, -0.15) is 4.40 Å². The zero-order valence-electron chi connectivity index (χ0n) is 8.47. The van der Waals surface area contributed by atoms with Crippen LogP contribution in [0.25, 0.3) is 16.3 Å². The Morgan fingerprint density at radius 1 is 0.875 bits per heavy atom. The van der Waals surface area contributed by atoms with Crippen LogP contribution in [-0.2, 0) is 0 Å². The van der Waals surface area contributed by atoms with E-state index in [0.29, 0.717) is 5.75 Å². The van der Waals surface area contributed by atoms with Crippen LogP contribution in [-0.4, -0.2) is 5.11 Å². The number of rotatable bonds is 0. The molecule has 2 aromatic heterocycles. The van der Waals surface area contributed by atoms with Gasteiger partial charge < -0.3 is 22.1 Å². The van der Waals surface area contributed by atoms with Crippen molar-refractivity contribution < 1.29 is 26.5 Å². The summed E-state index contributed by atoms with van der Waals surface area (Å²) in [7, 11) is 0. The van der Waals surface area contributed by atoms with E-state index in [0.717, 1.165) is 16.3 Å². The van der Waals surface area contributed by atoms with Gasteiger partial charge in [0.2, 0.25) is 11.7 Å². The molecule has 0 amide bonds. The Morgan fingerprint density at radius 3 is 2.38 bits per heavy atom. The van der Waals surface area contributed by atoms with Gasteiger partial charge in [0.1, 0.15) is 0 Å². The van der Waals surface area contributed by atoms with Crippen LogP contribution in [0.5, 0.6) is 5.75 Å². The lowest BCUT2D eigenvalue weighted by molar-refractivity contribution is -0.511. The fraction of sp³-hybridized carbons (Fsp3) is 0. The molecule has 16 heavy (non-hydrogen) atoms. The minimum absolute atomic E-state index is 0. The van der Waals surface area contributed by atoms with E-state index < -0.39 is 0 Å². The Hall–Kier alpha value is -1.61. The first-order valence-electron chi connectivity index (χ1n) is 4.87. The molecule has 2 nitrogen and oxygen atoms in total. The molecule has 0 aliphatic rings. The number of pyridine rings is 2. The number of halogens is 1.